The minimum absolute atomic E-state index is 0.682. The Labute approximate surface area is 99.3 Å². The lowest BCUT2D eigenvalue weighted by Gasteiger charge is -2.20. The predicted octanol–water partition coefficient (Wildman–Crippen LogP) is 3.57. The molecular weight excluding hydrogens is 194 g/mol. The molecule has 16 heavy (non-hydrogen) atoms. The summed E-state index contributed by atoms with van der Waals surface area (Å²) in [4.78, 5) is 0. The molecule has 0 aliphatic heterocycles. The topological polar surface area (TPSA) is 12.0 Å². The molecule has 1 aromatic carbocycles. The summed E-state index contributed by atoms with van der Waals surface area (Å²) in [7, 11) is 0. The van der Waals surface area contributed by atoms with E-state index >= 15 is 0 Å². The monoisotopic (exact) mass is 217 g/mol. The van der Waals surface area contributed by atoms with E-state index in [9.17, 15) is 0 Å². The average Bonchev–Trinajstić information content (AvgIpc) is 3.09. The zero-order valence-corrected chi connectivity index (χ0v) is 10.4. The number of rotatable bonds is 6. The van der Waals surface area contributed by atoms with Crippen LogP contribution in [0.15, 0.2) is 30.3 Å². The van der Waals surface area contributed by atoms with Gasteiger partial charge in [0.1, 0.15) is 0 Å². The van der Waals surface area contributed by atoms with Crippen molar-refractivity contribution in [1.82, 2.24) is 5.32 Å². The van der Waals surface area contributed by atoms with E-state index in [-0.39, 0.29) is 0 Å². The summed E-state index contributed by atoms with van der Waals surface area (Å²) in [5, 5.41) is 3.66. The highest BCUT2D eigenvalue weighted by Gasteiger charge is 2.22. The quantitative estimate of drug-likeness (QED) is 0.768. The number of benzene rings is 1. The molecular formula is C15H23N. The first-order valence-electron chi connectivity index (χ1n) is 6.54. The third-order valence-corrected chi connectivity index (χ3v) is 3.26. The minimum atomic E-state index is 0.682. The summed E-state index contributed by atoms with van der Waals surface area (Å²) >= 11 is 0. The Hall–Kier alpha value is -0.820. The van der Waals surface area contributed by atoms with Gasteiger partial charge in [0.05, 0.1) is 0 Å². The Balaban J connectivity index is 1.95. The van der Waals surface area contributed by atoms with Gasteiger partial charge in [-0.15, -0.1) is 0 Å². The van der Waals surface area contributed by atoms with Crippen LogP contribution in [0.3, 0.4) is 0 Å². The molecule has 1 saturated carbocycles. The van der Waals surface area contributed by atoms with Crippen molar-refractivity contribution in [2.75, 3.05) is 6.54 Å². The highest BCUT2D eigenvalue weighted by Crippen LogP contribution is 2.25. The summed E-state index contributed by atoms with van der Waals surface area (Å²) in [6, 6.07) is 11.8. The largest absolute Gasteiger partial charge is 0.313 e. The van der Waals surface area contributed by atoms with Crippen LogP contribution in [-0.4, -0.2) is 12.6 Å². The van der Waals surface area contributed by atoms with Crippen molar-refractivity contribution < 1.29 is 0 Å². The second-order valence-corrected chi connectivity index (χ2v) is 5.42. The van der Waals surface area contributed by atoms with Crippen molar-refractivity contribution in [3.05, 3.63) is 35.9 Å². The molecule has 1 aromatic rings. The van der Waals surface area contributed by atoms with Crippen molar-refractivity contribution in [2.24, 2.45) is 5.92 Å². The summed E-state index contributed by atoms with van der Waals surface area (Å²) in [5.41, 5.74) is 1.49. The van der Waals surface area contributed by atoms with Gasteiger partial charge in [0.25, 0.3) is 0 Å². The Morgan fingerprint density at radius 1 is 1.19 bits per heavy atom. The van der Waals surface area contributed by atoms with Gasteiger partial charge in [-0.1, -0.05) is 44.2 Å². The maximum Gasteiger partial charge on any atom is 0.00684 e. The molecule has 0 bridgehead atoms. The summed E-state index contributed by atoms with van der Waals surface area (Å²) in [6.45, 7) is 5.77. The Kier molecular flexibility index (Phi) is 4.00. The van der Waals surface area contributed by atoms with Gasteiger partial charge >= 0.3 is 0 Å². The maximum atomic E-state index is 3.66. The molecule has 1 nitrogen and oxygen atoms in total. The zero-order chi connectivity index (χ0) is 11.4. The molecule has 0 radical (unpaired) electrons. The molecule has 0 spiro atoms. The van der Waals surface area contributed by atoms with E-state index in [4.69, 9.17) is 0 Å². The van der Waals surface area contributed by atoms with Crippen molar-refractivity contribution in [3.8, 4) is 0 Å². The summed E-state index contributed by atoms with van der Waals surface area (Å²) in [5.74, 6) is 1.45. The van der Waals surface area contributed by atoms with Gasteiger partial charge in [-0.05, 0) is 36.7 Å². The molecule has 1 fully saturated rings. The van der Waals surface area contributed by atoms with Gasteiger partial charge in [-0.3, -0.25) is 0 Å². The first-order valence-corrected chi connectivity index (χ1v) is 6.54. The third-order valence-electron chi connectivity index (χ3n) is 3.26. The van der Waals surface area contributed by atoms with E-state index in [1.165, 1.54) is 24.8 Å². The van der Waals surface area contributed by atoms with E-state index in [0.29, 0.717) is 5.92 Å². The van der Waals surface area contributed by atoms with E-state index in [1.54, 1.807) is 0 Å². The molecule has 1 N–H and O–H groups in total. The molecule has 0 amide bonds. The average molecular weight is 217 g/mol. The molecule has 1 aliphatic carbocycles. The van der Waals surface area contributed by atoms with Gasteiger partial charge in [0, 0.05) is 12.6 Å². The Bertz CT molecular complexity index is 300. The molecule has 1 aliphatic rings. The van der Waals surface area contributed by atoms with Gasteiger partial charge in [0.15, 0.2) is 0 Å². The molecule has 2 rings (SSSR count). The van der Waals surface area contributed by atoms with Gasteiger partial charge in [-0.2, -0.15) is 0 Å². The minimum Gasteiger partial charge on any atom is -0.313 e. The van der Waals surface area contributed by atoms with E-state index in [1.807, 2.05) is 0 Å². The van der Waals surface area contributed by atoms with Crippen LogP contribution in [0, 0.1) is 5.92 Å². The molecule has 0 saturated heterocycles. The molecule has 1 unspecified atom stereocenters. The normalized spacial score (nSPS) is 17.7. The van der Waals surface area contributed by atoms with Crippen LogP contribution in [-0.2, 0) is 0 Å². The molecule has 1 atom stereocenters. The van der Waals surface area contributed by atoms with Crippen LogP contribution in [0.1, 0.15) is 44.6 Å². The molecule has 88 valence electrons. The highest BCUT2D eigenvalue weighted by atomic mass is 14.9. The van der Waals surface area contributed by atoms with Gasteiger partial charge < -0.3 is 5.32 Å². The summed E-state index contributed by atoms with van der Waals surface area (Å²) in [6.07, 6.45) is 4.04. The molecule has 0 aromatic heterocycles. The lowest BCUT2D eigenvalue weighted by molar-refractivity contribution is 0.469. The fourth-order valence-corrected chi connectivity index (χ4v) is 2.23. The fraction of sp³-hybridized carbons (Fsp3) is 0.600. The second-order valence-electron chi connectivity index (χ2n) is 5.42. The van der Waals surface area contributed by atoms with Crippen molar-refractivity contribution in [3.63, 3.8) is 0 Å². The van der Waals surface area contributed by atoms with Crippen molar-refractivity contribution >= 4 is 0 Å². The van der Waals surface area contributed by atoms with E-state index < -0.39 is 0 Å². The van der Waals surface area contributed by atoms with E-state index in [0.717, 1.165) is 18.5 Å². The van der Waals surface area contributed by atoms with Crippen LogP contribution < -0.4 is 5.32 Å². The SMILES string of the molecule is CC(C)CC(CNC1CC1)c1ccccc1. The lowest BCUT2D eigenvalue weighted by Crippen LogP contribution is -2.24. The first kappa shape index (κ1) is 11.7. The fourth-order valence-electron chi connectivity index (χ4n) is 2.23. The number of hydrogen-bond acceptors (Lipinski definition) is 1. The molecule has 0 heterocycles. The second kappa shape index (κ2) is 5.49. The lowest BCUT2D eigenvalue weighted by atomic mass is 9.90. The van der Waals surface area contributed by atoms with Crippen LogP contribution in [0.25, 0.3) is 0 Å². The summed E-state index contributed by atoms with van der Waals surface area (Å²) < 4.78 is 0. The maximum absolute atomic E-state index is 3.66. The first-order chi connectivity index (χ1) is 7.75. The van der Waals surface area contributed by atoms with Crippen LogP contribution in [0.2, 0.25) is 0 Å². The van der Waals surface area contributed by atoms with Gasteiger partial charge in [-0.25, -0.2) is 0 Å². The number of nitrogens with one attached hydrogen (secondary N) is 1. The van der Waals surface area contributed by atoms with Crippen LogP contribution in [0.4, 0.5) is 0 Å². The van der Waals surface area contributed by atoms with Crippen LogP contribution >= 0.6 is 0 Å². The molecule has 1 heteroatoms. The van der Waals surface area contributed by atoms with E-state index in [2.05, 4.69) is 49.5 Å². The third kappa shape index (κ3) is 3.64. The highest BCUT2D eigenvalue weighted by molar-refractivity contribution is 5.20. The zero-order valence-electron chi connectivity index (χ0n) is 10.4. The standard InChI is InChI=1S/C15H23N/c1-12(2)10-14(11-16-15-8-9-15)13-6-4-3-5-7-13/h3-7,12,14-16H,8-11H2,1-2H3. The number of hydrogen-bond donors (Lipinski definition) is 1. The van der Waals surface area contributed by atoms with Crippen LogP contribution in [0.5, 0.6) is 0 Å². The van der Waals surface area contributed by atoms with Crippen molar-refractivity contribution in [2.45, 2.75) is 45.1 Å². The Morgan fingerprint density at radius 2 is 1.88 bits per heavy atom. The van der Waals surface area contributed by atoms with Gasteiger partial charge in [0.2, 0.25) is 0 Å². The smallest absolute Gasteiger partial charge is 0.00684 e. The predicted molar refractivity (Wildman–Crippen MR) is 69.7 cm³/mol. The van der Waals surface area contributed by atoms with Crippen molar-refractivity contribution in [1.29, 1.82) is 0 Å². The Morgan fingerprint density at radius 3 is 2.44 bits per heavy atom.